The molecule has 0 aromatic rings. The first-order chi connectivity index (χ1) is 9.61. The summed E-state index contributed by atoms with van der Waals surface area (Å²) in [6.45, 7) is 6.36. The Bertz CT molecular complexity index is 410. The molecule has 1 atom stereocenters. The highest BCUT2D eigenvalue weighted by atomic mass is 16.6. The van der Waals surface area contributed by atoms with E-state index in [1.165, 1.54) is 7.05 Å². The third-order valence-electron chi connectivity index (χ3n) is 3.22. The minimum absolute atomic E-state index is 0.330. The Hall–Kier alpha value is -1.79. The van der Waals surface area contributed by atoms with Crippen LogP contribution < -0.4 is 0 Å². The summed E-state index contributed by atoms with van der Waals surface area (Å²) in [6.07, 6.45) is 0.690. The van der Waals surface area contributed by atoms with E-state index >= 15 is 0 Å². The van der Waals surface area contributed by atoms with Gasteiger partial charge in [0, 0.05) is 20.1 Å². The molecule has 0 bridgehead atoms. The van der Waals surface area contributed by atoms with E-state index in [1.54, 1.807) is 25.7 Å². The van der Waals surface area contributed by atoms with Gasteiger partial charge in [-0.25, -0.2) is 4.79 Å². The minimum atomic E-state index is -1.12. The van der Waals surface area contributed by atoms with Gasteiger partial charge in [-0.1, -0.05) is 0 Å². The van der Waals surface area contributed by atoms with Crippen molar-refractivity contribution in [1.82, 2.24) is 9.80 Å². The first-order valence-electron chi connectivity index (χ1n) is 7.08. The van der Waals surface area contributed by atoms with Crippen molar-refractivity contribution < 1.29 is 24.2 Å². The summed E-state index contributed by atoms with van der Waals surface area (Å²) in [5, 5.41) is 8.99. The van der Waals surface area contributed by atoms with E-state index in [2.05, 4.69) is 0 Å². The Kier molecular flexibility index (Phi) is 5.57. The molecule has 0 aromatic carbocycles. The second-order valence-corrected chi connectivity index (χ2v) is 6.24. The van der Waals surface area contributed by atoms with Gasteiger partial charge in [-0.2, -0.15) is 0 Å². The number of carboxylic acids is 1. The van der Waals surface area contributed by atoms with Crippen LogP contribution in [0.3, 0.4) is 0 Å². The number of ether oxygens (including phenoxy) is 1. The van der Waals surface area contributed by atoms with Gasteiger partial charge < -0.3 is 14.7 Å². The number of likely N-dealkylation sites (N-methyl/N-ethyl adjacent to an activating group) is 1. The second kappa shape index (κ2) is 6.78. The molecule has 0 aliphatic carbocycles. The zero-order valence-electron chi connectivity index (χ0n) is 13.1. The molecule has 7 heteroatoms. The number of nitrogens with zero attached hydrogens (tertiary/aromatic N) is 2. The predicted octanol–water partition coefficient (Wildman–Crippen LogP) is 1.32. The largest absolute Gasteiger partial charge is 0.481 e. The van der Waals surface area contributed by atoms with Crippen LogP contribution in [0.25, 0.3) is 0 Å². The Labute approximate surface area is 124 Å². The van der Waals surface area contributed by atoms with Crippen LogP contribution in [0, 0.1) is 0 Å². The van der Waals surface area contributed by atoms with Gasteiger partial charge in [0.1, 0.15) is 11.6 Å². The number of rotatable bonds is 4. The SMILES string of the molecule is CN(C(=O)OC(C)(C)C)C(CC(=O)O)C(=O)N1CCCC1. The maximum absolute atomic E-state index is 12.4. The first-order valence-corrected chi connectivity index (χ1v) is 7.08. The predicted molar refractivity (Wildman–Crippen MR) is 75.9 cm³/mol. The van der Waals surface area contributed by atoms with E-state index in [0.717, 1.165) is 17.7 Å². The van der Waals surface area contributed by atoms with Crippen LogP contribution >= 0.6 is 0 Å². The van der Waals surface area contributed by atoms with E-state index in [1.807, 2.05) is 0 Å². The molecule has 2 amide bonds. The van der Waals surface area contributed by atoms with Crippen molar-refractivity contribution in [3.63, 3.8) is 0 Å². The Morgan fingerprint density at radius 3 is 2.19 bits per heavy atom. The first kappa shape index (κ1) is 17.3. The number of aliphatic carboxylic acids is 1. The quantitative estimate of drug-likeness (QED) is 0.846. The molecule has 1 aliphatic rings. The van der Waals surface area contributed by atoms with Crippen molar-refractivity contribution in [2.75, 3.05) is 20.1 Å². The molecule has 1 N–H and O–H groups in total. The van der Waals surface area contributed by atoms with Crippen molar-refractivity contribution in [2.45, 2.75) is 51.7 Å². The highest BCUT2D eigenvalue weighted by Gasteiger charge is 2.35. The fraction of sp³-hybridized carbons (Fsp3) is 0.786. The molecular formula is C14H24N2O5. The summed E-state index contributed by atoms with van der Waals surface area (Å²) in [7, 11) is 1.40. The second-order valence-electron chi connectivity index (χ2n) is 6.24. The Morgan fingerprint density at radius 1 is 1.24 bits per heavy atom. The number of hydrogen-bond acceptors (Lipinski definition) is 4. The molecule has 0 saturated carbocycles. The molecule has 1 aliphatic heterocycles. The smallest absolute Gasteiger partial charge is 0.410 e. The Balaban J connectivity index is 2.82. The third-order valence-corrected chi connectivity index (χ3v) is 3.22. The molecule has 1 fully saturated rings. The molecule has 0 radical (unpaired) electrons. The molecule has 1 rings (SSSR count). The van der Waals surface area contributed by atoms with E-state index in [-0.39, 0.29) is 5.91 Å². The van der Waals surface area contributed by atoms with E-state index < -0.39 is 30.1 Å². The van der Waals surface area contributed by atoms with Gasteiger partial charge in [0.15, 0.2) is 0 Å². The average Bonchev–Trinajstić information content (AvgIpc) is 2.85. The van der Waals surface area contributed by atoms with Crippen molar-refractivity contribution in [3.8, 4) is 0 Å². The zero-order chi connectivity index (χ0) is 16.2. The Morgan fingerprint density at radius 2 is 1.76 bits per heavy atom. The summed E-state index contributed by atoms with van der Waals surface area (Å²) in [6, 6.07) is -1.03. The van der Waals surface area contributed by atoms with Gasteiger partial charge in [-0.05, 0) is 33.6 Å². The highest BCUT2D eigenvalue weighted by Crippen LogP contribution is 2.16. The van der Waals surface area contributed by atoms with Gasteiger partial charge in [0.05, 0.1) is 6.42 Å². The van der Waals surface area contributed by atoms with E-state index in [4.69, 9.17) is 9.84 Å². The van der Waals surface area contributed by atoms with Crippen molar-refractivity contribution in [3.05, 3.63) is 0 Å². The van der Waals surface area contributed by atoms with Crippen LogP contribution in [0.1, 0.15) is 40.0 Å². The van der Waals surface area contributed by atoms with Gasteiger partial charge >= 0.3 is 12.1 Å². The van der Waals surface area contributed by atoms with Crippen molar-refractivity contribution >= 4 is 18.0 Å². The number of carbonyl (C=O) groups is 3. The maximum atomic E-state index is 12.4. The van der Waals surface area contributed by atoms with E-state index in [9.17, 15) is 14.4 Å². The molecule has 21 heavy (non-hydrogen) atoms. The molecule has 1 saturated heterocycles. The standard InChI is InChI=1S/C14H24N2O5/c1-14(2,3)21-13(20)15(4)10(9-11(17)18)12(19)16-7-5-6-8-16/h10H,5-9H2,1-4H3,(H,17,18). The van der Waals surface area contributed by atoms with Crippen LogP contribution in [0.5, 0.6) is 0 Å². The molecule has 1 unspecified atom stereocenters. The fourth-order valence-corrected chi connectivity index (χ4v) is 2.16. The summed E-state index contributed by atoms with van der Waals surface area (Å²) in [5.41, 5.74) is -0.699. The van der Waals surface area contributed by atoms with Crippen LogP contribution in [0.4, 0.5) is 4.79 Å². The number of hydrogen-bond donors (Lipinski definition) is 1. The third kappa shape index (κ3) is 5.24. The van der Waals surface area contributed by atoms with E-state index in [0.29, 0.717) is 13.1 Å². The van der Waals surface area contributed by atoms with Crippen LogP contribution in [-0.4, -0.2) is 64.7 Å². The lowest BCUT2D eigenvalue weighted by molar-refractivity contribution is -0.144. The topological polar surface area (TPSA) is 87.1 Å². The number of likely N-dealkylation sites (tertiary alicyclic amines) is 1. The van der Waals surface area contributed by atoms with Crippen LogP contribution in [-0.2, 0) is 14.3 Å². The summed E-state index contributed by atoms with van der Waals surface area (Å²) in [5.74, 6) is -1.45. The molecule has 1 heterocycles. The maximum Gasteiger partial charge on any atom is 0.410 e. The molecule has 120 valence electrons. The molecule has 7 nitrogen and oxygen atoms in total. The monoisotopic (exact) mass is 300 g/mol. The normalized spacial score (nSPS) is 16.5. The van der Waals surface area contributed by atoms with Gasteiger partial charge in [0.25, 0.3) is 0 Å². The van der Waals surface area contributed by atoms with Gasteiger partial charge in [-0.3, -0.25) is 14.5 Å². The number of amides is 2. The molecular weight excluding hydrogens is 276 g/mol. The van der Waals surface area contributed by atoms with Crippen molar-refractivity contribution in [1.29, 1.82) is 0 Å². The lowest BCUT2D eigenvalue weighted by Gasteiger charge is -2.31. The molecule has 0 aromatic heterocycles. The highest BCUT2D eigenvalue weighted by molar-refractivity contribution is 5.89. The van der Waals surface area contributed by atoms with Gasteiger partial charge in [-0.15, -0.1) is 0 Å². The van der Waals surface area contributed by atoms with Crippen molar-refractivity contribution in [2.24, 2.45) is 0 Å². The summed E-state index contributed by atoms with van der Waals surface area (Å²) in [4.78, 5) is 38.1. The van der Waals surface area contributed by atoms with Gasteiger partial charge in [0.2, 0.25) is 5.91 Å². The fourth-order valence-electron chi connectivity index (χ4n) is 2.16. The lowest BCUT2D eigenvalue weighted by Crippen LogP contribution is -2.50. The average molecular weight is 300 g/mol. The van der Waals surface area contributed by atoms with Crippen LogP contribution in [0.2, 0.25) is 0 Å². The minimum Gasteiger partial charge on any atom is -0.481 e. The number of carboxylic acid groups (broad SMARTS) is 1. The zero-order valence-corrected chi connectivity index (χ0v) is 13.1. The van der Waals surface area contributed by atoms with Crippen LogP contribution in [0.15, 0.2) is 0 Å². The lowest BCUT2D eigenvalue weighted by atomic mass is 10.1. The summed E-state index contributed by atoms with van der Waals surface area (Å²) >= 11 is 0. The summed E-state index contributed by atoms with van der Waals surface area (Å²) < 4.78 is 5.20. The number of carbonyl (C=O) groups excluding carboxylic acids is 2. The molecule has 0 spiro atoms.